The Balaban J connectivity index is 2.21. The van der Waals surface area contributed by atoms with Gasteiger partial charge in [-0.3, -0.25) is 4.68 Å². The maximum Gasteiger partial charge on any atom is 0.123 e. The van der Waals surface area contributed by atoms with Gasteiger partial charge in [0.2, 0.25) is 0 Å². The lowest BCUT2D eigenvalue weighted by Crippen LogP contribution is -2.24. The van der Waals surface area contributed by atoms with Crippen LogP contribution in [0, 0.1) is 12.7 Å². The Labute approximate surface area is 119 Å². The Kier molecular flexibility index (Phi) is 4.90. The van der Waals surface area contributed by atoms with Crippen LogP contribution in [-0.4, -0.2) is 16.3 Å². The first-order chi connectivity index (χ1) is 9.60. The van der Waals surface area contributed by atoms with E-state index in [1.807, 2.05) is 30.9 Å². The zero-order valence-corrected chi connectivity index (χ0v) is 12.4. The topological polar surface area (TPSA) is 29.9 Å². The van der Waals surface area contributed by atoms with Crippen LogP contribution in [0.1, 0.15) is 36.2 Å². The summed E-state index contributed by atoms with van der Waals surface area (Å²) < 4.78 is 15.1. The fraction of sp³-hybridized carbons (Fsp3) is 0.438. The quantitative estimate of drug-likeness (QED) is 0.877. The van der Waals surface area contributed by atoms with Crippen LogP contribution < -0.4 is 5.32 Å². The second-order valence-corrected chi connectivity index (χ2v) is 5.18. The van der Waals surface area contributed by atoms with Gasteiger partial charge >= 0.3 is 0 Å². The molecule has 108 valence electrons. The van der Waals surface area contributed by atoms with Crippen molar-refractivity contribution in [3.05, 3.63) is 53.1 Å². The summed E-state index contributed by atoms with van der Waals surface area (Å²) in [5.74, 6) is -0.181. The highest BCUT2D eigenvalue weighted by Gasteiger charge is 2.16. The van der Waals surface area contributed by atoms with Crippen molar-refractivity contribution in [2.45, 2.75) is 32.7 Å². The van der Waals surface area contributed by atoms with Crippen molar-refractivity contribution >= 4 is 0 Å². The minimum atomic E-state index is -0.181. The fourth-order valence-electron chi connectivity index (χ4n) is 2.47. The molecular weight excluding hydrogens is 253 g/mol. The van der Waals surface area contributed by atoms with Gasteiger partial charge in [0.1, 0.15) is 5.82 Å². The summed E-state index contributed by atoms with van der Waals surface area (Å²) in [6.45, 7) is 5.10. The molecule has 0 aliphatic carbocycles. The van der Waals surface area contributed by atoms with Crippen molar-refractivity contribution in [1.82, 2.24) is 15.1 Å². The van der Waals surface area contributed by atoms with E-state index >= 15 is 0 Å². The molecule has 0 radical (unpaired) electrons. The molecule has 0 aliphatic heterocycles. The van der Waals surface area contributed by atoms with Crippen LogP contribution in [0.15, 0.2) is 30.5 Å². The van der Waals surface area contributed by atoms with Crippen molar-refractivity contribution < 1.29 is 4.39 Å². The van der Waals surface area contributed by atoms with Gasteiger partial charge in [0.05, 0.1) is 5.69 Å². The number of aryl methyl sites for hydroxylation is 2. The molecule has 2 rings (SSSR count). The highest BCUT2D eigenvalue weighted by molar-refractivity contribution is 5.25. The molecule has 0 saturated heterocycles. The van der Waals surface area contributed by atoms with E-state index in [0.717, 1.165) is 30.6 Å². The molecule has 0 saturated carbocycles. The SMILES string of the molecule is CCCNC(Cc1cccc(F)c1)c1cn(C)nc1C. The monoisotopic (exact) mass is 275 g/mol. The molecule has 1 atom stereocenters. The van der Waals surface area contributed by atoms with Crippen molar-refractivity contribution in [3.8, 4) is 0 Å². The van der Waals surface area contributed by atoms with Crippen LogP contribution in [0.4, 0.5) is 4.39 Å². The Morgan fingerprint density at radius 1 is 1.40 bits per heavy atom. The summed E-state index contributed by atoms with van der Waals surface area (Å²) in [6.07, 6.45) is 3.88. The smallest absolute Gasteiger partial charge is 0.123 e. The van der Waals surface area contributed by atoms with E-state index in [0.29, 0.717) is 0 Å². The summed E-state index contributed by atoms with van der Waals surface area (Å²) >= 11 is 0. The predicted molar refractivity (Wildman–Crippen MR) is 79.1 cm³/mol. The lowest BCUT2D eigenvalue weighted by atomic mass is 9.99. The summed E-state index contributed by atoms with van der Waals surface area (Å²) in [5, 5.41) is 7.93. The Morgan fingerprint density at radius 2 is 2.20 bits per heavy atom. The summed E-state index contributed by atoms with van der Waals surface area (Å²) in [4.78, 5) is 0. The number of benzene rings is 1. The van der Waals surface area contributed by atoms with Gasteiger partial charge in [-0.15, -0.1) is 0 Å². The number of nitrogens with zero attached hydrogens (tertiary/aromatic N) is 2. The minimum absolute atomic E-state index is 0.172. The Morgan fingerprint density at radius 3 is 2.80 bits per heavy atom. The number of hydrogen-bond acceptors (Lipinski definition) is 2. The highest BCUT2D eigenvalue weighted by Crippen LogP contribution is 2.21. The van der Waals surface area contributed by atoms with Crippen LogP contribution in [0.2, 0.25) is 0 Å². The first-order valence-electron chi connectivity index (χ1n) is 7.08. The molecular formula is C16H22FN3. The molecule has 1 aromatic carbocycles. The fourth-order valence-corrected chi connectivity index (χ4v) is 2.47. The molecule has 20 heavy (non-hydrogen) atoms. The zero-order chi connectivity index (χ0) is 14.5. The van der Waals surface area contributed by atoms with E-state index in [9.17, 15) is 4.39 Å². The van der Waals surface area contributed by atoms with Gasteiger partial charge < -0.3 is 5.32 Å². The van der Waals surface area contributed by atoms with Crippen LogP contribution in [0.3, 0.4) is 0 Å². The Hall–Kier alpha value is -1.68. The number of rotatable bonds is 6. The Bertz CT molecular complexity index is 563. The summed E-state index contributed by atoms with van der Waals surface area (Å²) in [7, 11) is 1.93. The number of hydrogen-bond donors (Lipinski definition) is 1. The van der Waals surface area contributed by atoms with Gasteiger partial charge in [0.25, 0.3) is 0 Å². The molecule has 1 aromatic heterocycles. The third-order valence-electron chi connectivity index (χ3n) is 3.40. The van der Waals surface area contributed by atoms with Gasteiger partial charge in [0.15, 0.2) is 0 Å². The molecule has 3 nitrogen and oxygen atoms in total. The van der Waals surface area contributed by atoms with Crippen molar-refractivity contribution in [3.63, 3.8) is 0 Å². The first kappa shape index (κ1) is 14.7. The molecule has 0 aliphatic rings. The van der Waals surface area contributed by atoms with Crippen molar-refractivity contribution in [1.29, 1.82) is 0 Å². The average molecular weight is 275 g/mol. The lowest BCUT2D eigenvalue weighted by molar-refractivity contribution is 0.525. The van der Waals surface area contributed by atoms with Crippen LogP contribution in [0.25, 0.3) is 0 Å². The van der Waals surface area contributed by atoms with E-state index in [4.69, 9.17) is 0 Å². The third-order valence-corrected chi connectivity index (χ3v) is 3.40. The molecule has 4 heteroatoms. The molecule has 1 heterocycles. The molecule has 1 N–H and O–H groups in total. The van der Waals surface area contributed by atoms with Crippen LogP contribution in [0.5, 0.6) is 0 Å². The second-order valence-electron chi connectivity index (χ2n) is 5.18. The van der Waals surface area contributed by atoms with Gasteiger partial charge in [-0.25, -0.2) is 4.39 Å². The maximum absolute atomic E-state index is 13.3. The number of aromatic nitrogens is 2. The second kappa shape index (κ2) is 6.66. The zero-order valence-electron chi connectivity index (χ0n) is 12.4. The van der Waals surface area contributed by atoms with Gasteiger partial charge in [-0.1, -0.05) is 19.1 Å². The molecule has 0 bridgehead atoms. The first-order valence-corrected chi connectivity index (χ1v) is 7.08. The van der Waals surface area contributed by atoms with Gasteiger partial charge in [0, 0.05) is 24.8 Å². The van der Waals surface area contributed by atoms with E-state index in [1.54, 1.807) is 12.1 Å². The largest absolute Gasteiger partial charge is 0.310 e. The normalized spacial score (nSPS) is 12.6. The standard InChI is InChI=1S/C16H22FN3/c1-4-8-18-16(15-11-20(3)19-12(15)2)10-13-6-5-7-14(17)9-13/h5-7,9,11,16,18H,4,8,10H2,1-3H3. The average Bonchev–Trinajstić information content (AvgIpc) is 2.73. The minimum Gasteiger partial charge on any atom is -0.310 e. The molecule has 2 aromatic rings. The number of halogens is 1. The van der Waals surface area contributed by atoms with Gasteiger partial charge in [-0.05, 0) is 44.0 Å². The van der Waals surface area contributed by atoms with Crippen molar-refractivity contribution in [2.75, 3.05) is 6.54 Å². The van der Waals surface area contributed by atoms with E-state index in [2.05, 4.69) is 17.3 Å². The summed E-state index contributed by atoms with van der Waals surface area (Å²) in [5.41, 5.74) is 3.21. The number of nitrogens with one attached hydrogen (secondary N) is 1. The lowest BCUT2D eigenvalue weighted by Gasteiger charge is -2.18. The maximum atomic E-state index is 13.3. The molecule has 0 amide bonds. The molecule has 0 fully saturated rings. The van der Waals surface area contributed by atoms with Crippen LogP contribution >= 0.6 is 0 Å². The molecule has 0 spiro atoms. The van der Waals surface area contributed by atoms with Crippen LogP contribution in [-0.2, 0) is 13.5 Å². The van der Waals surface area contributed by atoms with Crippen molar-refractivity contribution in [2.24, 2.45) is 7.05 Å². The third kappa shape index (κ3) is 3.67. The van der Waals surface area contributed by atoms with E-state index < -0.39 is 0 Å². The molecule has 1 unspecified atom stereocenters. The highest BCUT2D eigenvalue weighted by atomic mass is 19.1. The summed E-state index contributed by atoms with van der Waals surface area (Å²) in [6, 6.07) is 6.98. The van der Waals surface area contributed by atoms with E-state index in [1.165, 1.54) is 11.6 Å². The predicted octanol–water partition coefficient (Wildman–Crippen LogP) is 3.15. The van der Waals surface area contributed by atoms with E-state index in [-0.39, 0.29) is 11.9 Å². The van der Waals surface area contributed by atoms with Gasteiger partial charge in [-0.2, -0.15) is 5.10 Å².